The molecule has 76 valence electrons. The SMILES string of the molecule is Nc1cc(NCC2CCOC2)ccn1. The molecule has 1 aromatic heterocycles. The molecule has 2 rings (SSSR count). The van der Waals surface area contributed by atoms with Crippen LogP contribution in [-0.4, -0.2) is 24.7 Å². The van der Waals surface area contributed by atoms with Gasteiger partial charge in [0.05, 0.1) is 6.61 Å². The Balaban J connectivity index is 1.85. The predicted octanol–water partition coefficient (Wildman–Crippen LogP) is 1.11. The molecular formula is C10H15N3O. The van der Waals surface area contributed by atoms with Crippen molar-refractivity contribution in [2.24, 2.45) is 5.92 Å². The maximum atomic E-state index is 5.57. The summed E-state index contributed by atoms with van der Waals surface area (Å²) in [7, 11) is 0. The Hall–Kier alpha value is -1.29. The fourth-order valence-electron chi connectivity index (χ4n) is 1.56. The highest BCUT2D eigenvalue weighted by Crippen LogP contribution is 2.14. The van der Waals surface area contributed by atoms with Crippen LogP contribution in [0.15, 0.2) is 18.3 Å². The maximum absolute atomic E-state index is 5.57. The van der Waals surface area contributed by atoms with Crippen LogP contribution in [0.5, 0.6) is 0 Å². The van der Waals surface area contributed by atoms with Crippen LogP contribution in [-0.2, 0) is 4.74 Å². The molecule has 1 aliphatic heterocycles. The molecule has 0 bridgehead atoms. The van der Waals surface area contributed by atoms with Gasteiger partial charge in [0.25, 0.3) is 0 Å². The molecule has 2 heterocycles. The van der Waals surface area contributed by atoms with Crippen LogP contribution in [0.1, 0.15) is 6.42 Å². The van der Waals surface area contributed by atoms with Gasteiger partial charge in [0.1, 0.15) is 5.82 Å². The number of nitrogens with one attached hydrogen (secondary N) is 1. The molecule has 1 saturated heterocycles. The van der Waals surface area contributed by atoms with E-state index in [0.717, 1.165) is 31.9 Å². The zero-order chi connectivity index (χ0) is 9.80. The van der Waals surface area contributed by atoms with Crippen LogP contribution < -0.4 is 11.1 Å². The quantitative estimate of drug-likeness (QED) is 0.755. The lowest BCUT2D eigenvalue weighted by atomic mass is 10.1. The van der Waals surface area contributed by atoms with E-state index in [4.69, 9.17) is 10.5 Å². The molecule has 1 aliphatic rings. The van der Waals surface area contributed by atoms with Crippen LogP contribution in [0, 0.1) is 5.92 Å². The minimum absolute atomic E-state index is 0.553. The first-order valence-corrected chi connectivity index (χ1v) is 4.88. The molecule has 4 nitrogen and oxygen atoms in total. The molecular weight excluding hydrogens is 178 g/mol. The lowest BCUT2D eigenvalue weighted by Gasteiger charge is -2.10. The van der Waals surface area contributed by atoms with Crippen molar-refractivity contribution < 1.29 is 4.74 Å². The van der Waals surface area contributed by atoms with Gasteiger partial charge < -0.3 is 15.8 Å². The maximum Gasteiger partial charge on any atom is 0.125 e. The van der Waals surface area contributed by atoms with E-state index in [1.165, 1.54) is 0 Å². The molecule has 4 heteroatoms. The van der Waals surface area contributed by atoms with Crippen molar-refractivity contribution in [3.63, 3.8) is 0 Å². The van der Waals surface area contributed by atoms with Crippen LogP contribution >= 0.6 is 0 Å². The number of aromatic nitrogens is 1. The second-order valence-corrected chi connectivity index (χ2v) is 3.58. The number of pyridine rings is 1. The largest absolute Gasteiger partial charge is 0.385 e. The van der Waals surface area contributed by atoms with Gasteiger partial charge in [0.15, 0.2) is 0 Å². The minimum Gasteiger partial charge on any atom is -0.385 e. The average Bonchev–Trinajstić information content (AvgIpc) is 2.67. The Bertz CT molecular complexity index is 297. The predicted molar refractivity (Wildman–Crippen MR) is 56.1 cm³/mol. The first-order chi connectivity index (χ1) is 6.84. The third-order valence-corrected chi connectivity index (χ3v) is 2.40. The number of anilines is 2. The van der Waals surface area contributed by atoms with Crippen molar-refractivity contribution in [1.29, 1.82) is 0 Å². The first-order valence-electron chi connectivity index (χ1n) is 4.88. The van der Waals surface area contributed by atoms with Gasteiger partial charge >= 0.3 is 0 Å². The van der Waals surface area contributed by atoms with Gasteiger partial charge in [-0.1, -0.05) is 0 Å². The summed E-state index contributed by atoms with van der Waals surface area (Å²) < 4.78 is 5.29. The lowest BCUT2D eigenvalue weighted by Crippen LogP contribution is -2.14. The van der Waals surface area contributed by atoms with E-state index in [0.29, 0.717) is 11.7 Å². The average molecular weight is 193 g/mol. The van der Waals surface area contributed by atoms with Gasteiger partial charge in [-0.3, -0.25) is 0 Å². The Morgan fingerprint density at radius 1 is 1.64 bits per heavy atom. The number of hydrogen-bond donors (Lipinski definition) is 2. The normalized spacial score (nSPS) is 21.0. The van der Waals surface area contributed by atoms with Gasteiger partial charge in [-0.05, 0) is 12.5 Å². The molecule has 1 unspecified atom stereocenters. The van der Waals surface area contributed by atoms with Crippen molar-refractivity contribution >= 4 is 11.5 Å². The molecule has 3 N–H and O–H groups in total. The Morgan fingerprint density at radius 3 is 3.29 bits per heavy atom. The Kier molecular flexibility index (Phi) is 2.84. The second-order valence-electron chi connectivity index (χ2n) is 3.58. The summed E-state index contributed by atoms with van der Waals surface area (Å²) in [4.78, 5) is 3.93. The monoisotopic (exact) mass is 193 g/mol. The summed E-state index contributed by atoms with van der Waals surface area (Å²) in [6.07, 6.45) is 2.86. The van der Waals surface area contributed by atoms with Crippen molar-refractivity contribution in [2.45, 2.75) is 6.42 Å². The third kappa shape index (κ3) is 2.35. The number of nitrogens with zero attached hydrogens (tertiary/aromatic N) is 1. The smallest absolute Gasteiger partial charge is 0.125 e. The number of hydrogen-bond acceptors (Lipinski definition) is 4. The summed E-state index contributed by atoms with van der Waals surface area (Å²) in [6, 6.07) is 3.77. The summed E-state index contributed by atoms with van der Waals surface area (Å²) in [6.45, 7) is 2.71. The molecule has 1 aromatic rings. The molecule has 1 atom stereocenters. The summed E-state index contributed by atoms with van der Waals surface area (Å²) in [5, 5.41) is 3.33. The van der Waals surface area contributed by atoms with E-state index in [1.807, 2.05) is 12.1 Å². The Morgan fingerprint density at radius 2 is 2.57 bits per heavy atom. The van der Waals surface area contributed by atoms with Gasteiger partial charge in [0, 0.05) is 37.0 Å². The summed E-state index contributed by atoms with van der Waals surface area (Å²) in [5.74, 6) is 1.18. The van der Waals surface area contributed by atoms with Gasteiger partial charge in [-0.2, -0.15) is 0 Å². The molecule has 14 heavy (non-hydrogen) atoms. The second kappa shape index (κ2) is 4.28. The molecule has 0 aromatic carbocycles. The Labute approximate surface area is 83.5 Å². The molecule has 0 amide bonds. The van der Waals surface area contributed by atoms with Crippen molar-refractivity contribution in [3.8, 4) is 0 Å². The van der Waals surface area contributed by atoms with E-state index in [9.17, 15) is 0 Å². The van der Waals surface area contributed by atoms with Crippen LogP contribution in [0.2, 0.25) is 0 Å². The van der Waals surface area contributed by atoms with E-state index in [-0.39, 0.29) is 0 Å². The number of nitrogen functional groups attached to an aromatic ring is 1. The topological polar surface area (TPSA) is 60.2 Å². The molecule has 0 saturated carbocycles. The van der Waals surface area contributed by atoms with Gasteiger partial charge in [-0.25, -0.2) is 4.98 Å². The van der Waals surface area contributed by atoms with E-state index in [2.05, 4.69) is 10.3 Å². The lowest BCUT2D eigenvalue weighted by molar-refractivity contribution is 0.187. The number of rotatable bonds is 3. The highest BCUT2D eigenvalue weighted by atomic mass is 16.5. The highest BCUT2D eigenvalue weighted by molar-refractivity contribution is 5.49. The molecule has 1 fully saturated rings. The summed E-state index contributed by atoms with van der Waals surface area (Å²) >= 11 is 0. The van der Waals surface area contributed by atoms with Crippen molar-refractivity contribution in [1.82, 2.24) is 4.98 Å². The third-order valence-electron chi connectivity index (χ3n) is 2.40. The number of nitrogens with two attached hydrogens (primary N) is 1. The van der Waals surface area contributed by atoms with Crippen molar-refractivity contribution in [2.75, 3.05) is 30.8 Å². The van der Waals surface area contributed by atoms with Gasteiger partial charge in [0.2, 0.25) is 0 Å². The zero-order valence-electron chi connectivity index (χ0n) is 8.07. The molecule has 0 spiro atoms. The number of ether oxygens (including phenoxy) is 1. The molecule has 0 aliphatic carbocycles. The van der Waals surface area contributed by atoms with Crippen LogP contribution in [0.4, 0.5) is 11.5 Å². The standard InChI is InChI=1S/C10H15N3O/c11-10-5-9(1-3-12-10)13-6-8-2-4-14-7-8/h1,3,5,8H,2,4,6-7H2,(H3,11,12,13). The fraction of sp³-hybridized carbons (Fsp3) is 0.500. The zero-order valence-corrected chi connectivity index (χ0v) is 8.07. The van der Waals surface area contributed by atoms with Crippen LogP contribution in [0.3, 0.4) is 0 Å². The minimum atomic E-state index is 0.553. The summed E-state index contributed by atoms with van der Waals surface area (Å²) in [5.41, 5.74) is 6.60. The van der Waals surface area contributed by atoms with E-state index >= 15 is 0 Å². The van der Waals surface area contributed by atoms with Crippen LogP contribution in [0.25, 0.3) is 0 Å². The fourth-order valence-corrected chi connectivity index (χ4v) is 1.56. The van der Waals surface area contributed by atoms with Gasteiger partial charge in [-0.15, -0.1) is 0 Å². The first kappa shape index (κ1) is 9.27. The van der Waals surface area contributed by atoms with E-state index in [1.54, 1.807) is 6.20 Å². The molecule has 0 radical (unpaired) electrons. The highest BCUT2D eigenvalue weighted by Gasteiger charge is 2.14. The van der Waals surface area contributed by atoms with E-state index < -0.39 is 0 Å². The van der Waals surface area contributed by atoms with Crippen molar-refractivity contribution in [3.05, 3.63) is 18.3 Å².